The third-order valence-corrected chi connectivity index (χ3v) is 4.33. The molecule has 0 aliphatic heterocycles. The molecule has 4 heteroatoms. The van der Waals surface area contributed by atoms with Crippen LogP contribution in [0.3, 0.4) is 0 Å². The molecule has 2 rings (SSSR count). The fraction of sp³-hybridized carbons (Fsp3) is 0.294. The monoisotopic (exact) mass is 354 g/mol. The molecule has 0 aliphatic carbocycles. The summed E-state index contributed by atoms with van der Waals surface area (Å²) < 4.78 is 32.0. The number of rotatable bonds is 6. The predicted octanol–water partition coefficient (Wildman–Crippen LogP) is 4.77. The number of ether oxygens (including phenoxy) is 1. The quantitative estimate of drug-likeness (QED) is 0.679. The van der Waals surface area contributed by atoms with Crippen molar-refractivity contribution in [2.75, 3.05) is 12.4 Å². The maximum Gasteiger partial charge on any atom is 0.126 e. The number of benzene rings is 2. The van der Waals surface area contributed by atoms with Gasteiger partial charge in [0.25, 0.3) is 0 Å². The van der Waals surface area contributed by atoms with Crippen LogP contribution in [0.2, 0.25) is 0 Å². The predicted molar refractivity (Wildman–Crippen MR) is 84.0 cm³/mol. The van der Waals surface area contributed by atoms with Crippen LogP contribution in [-0.4, -0.2) is 12.4 Å². The lowest BCUT2D eigenvalue weighted by atomic mass is 9.94. The van der Waals surface area contributed by atoms with E-state index in [9.17, 15) is 8.78 Å². The second-order valence-corrected chi connectivity index (χ2v) is 5.66. The molecule has 0 saturated carbocycles. The lowest BCUT2D eigenvalue weighted by Crippen LogP contribution is -2.11. The molecule has 0 bridgehead atoms. The number of hydrogen-bond acceptors (Lipinski definition) is 1. The summed E-state index contributed by atoms with van der Waals surface area (Å²) in [5.74, 6) is 0.265. The van der Waals surface area contributed by atoms with Crippen LogP contribution < -0.4 is 4.74 Å². The number of hydrogen-bond donors (Lipinski definition) is 0. The molecule has 1 nitrogen and oxygen atoms in total. The minimum absolute atomic E-state index is 0.203. The van der Waals surface area contributed by atoms with Gasteiger partial charge in [0, 0.05) is 5.33 Å². The summed E-state index contributed by atoms with van der Waals surface area (Å²) in [4.78, 5) is 0. The molecule has 2 aromatic rings. The summed E-state index contributed by atoms with van der Waals surface area (Å²) in [5.41, 5.74) is 1.57. The van der Waals surface area contributed by atoms with Crippen LogP contribution in [0.15, 0.2) is 42.5 Å². The third-order valence-electron chi connectivity index (χ3n) is 3.42. The fourth-order valence-electron chi connectivity index (χ4n) is 2.29. The van der Waals surface area contributed by atoms with E-state index in [1.54, 1.807) is 7.11 Å². The van der Waals surface area contributed by atoms with Crippen LogP contribution in [0.4, 0.5) is 8.78 Å². The molecular formula is C17H17BrF2O. The standard InChI is InChI=1S/C17H17BrF2O/c1-21-16-5-2-12(3-6-16)8-13(11-18)9-14-10-15(19)4-7-17(14)20/h2-7,10,13H,8-9,11H2,1H3. The van der Waals surface area contributed by atoms with E-state index < -0.39 is 5.82 Å². The van der Waals surface area contributed by atoms with Gasteiger partial charge in [0.1, 0.15) is 17.4 Å². The van der Waals surface area contributed by atoms with Gasteiger partial charge in [-0.15, -0.1) is 0 Å². The van der Waals surface area contributed by atoms with Crippen LogP contribution in [-0.2, 0) is 12.8 Å². The minimum atomic E-state index is -0.399. The van der Waals surface area contributed by atoms with Crippen molar-refractivity contribution in [3.8, 4) is 5.75 Å². The molecule has 0 heterocycles. The zero-order valence-corrected chi connectivity index (χ0v) is 13.4. The van der Waals surface area contributed by atoms with Crippen LogP contribution in [0, 0.1) is 17.6 Å². The number of alkyl halides is 1. The van der Waals surface area contributed by atoms with Gasteiger partial charge in [0.15, 0.2) is 0 Å². The maximum atomic E-state index is 13.7. The molecule has 1 unspecified atom stereocenters. The minimum Gasteiger partial charge on any atom is -0.497 e. The Morgan fingerprint density at radius 3 is 2.38 bits per heavy atom. The first-order valence-corrected chi connectivity index (χ1v) is 7.87. The van der Waals surface area contributed by atoms with E-state index in [2.05, 4.69) is 15.9 Å². The zero-order valence-electron chi connectivity index (χ0n) is 11.8. The molecular weight excluding hydrogens is 338 g/mol. The summed E-state index contributed by atoms with van der Waals surface area (Å²) in [5, 5.41) is 0.731. The van der Waals surface area contributed by atoms with Crippen LogP contribution in [0.25, 0.3) is 0 Å². The van der Waals surface area contributed by atoms with Crippen molar-refractivity contribution in [1.29, 1.82) is 0 Å². The van der Waals surface area contributed by atoms with Crippen molar-refractivity contribution < 1.29 is 13.5 Å². The molecule has 1 atom stereocenters. The summed E-state index contributed by atoms with van der Waals surface area (Å²) in [6.07, 6.45) is 1.30. The Labute approximate surface area is 132 Å². The van der Waals surface area contributed by atoms with E-state index in [0.29, 0.717) is 12.0 Å². The molecule has 21 heavy (non-hydrogen) atoms. The Balaban J connectivity index is 2.07. The normalized spacial score (nSPS) is 12.2. The molecule has 112 valence electrons. The van der Waals surface area contributed by atoms with Gasteiger partial charge in [-0.25, -0.2) is 8.78 Å². The average molecular weight is 355 g/mol. The summed E-state index contributed by atoms with van der Waals surface area (Å²) >= 11 is 3.46. The first-order chi connectivity index (χ1) is 10.1. The molecule has 0 aromatic heterocycles. The Morgan fingerprint density at radius 2 is 1.76 bits per heavy atom. The van der Waals surface area contributed by atoms with E-state index in [-0.39, 0.29) is 11.7 Å². The topological polar surface area (TPSA) is 9.23 Å². The maximum absolute atomic E-state index is 13.7. The highest BCUT2D eigenvalue weighted by molar-refractivity contribution is 9.09. The molecule has 0 fully saturated rings. The number of halogens is 3. The summed E-state index contributed by atoms with van der Waals surface area (Å²) in [6.45, 7) is 0. The van der Waals surface area contributed by atoms with Crippen molar-refractivity contribution >= 4 is 15.9 Å². The first-order valence-electron chi connectivity index (χ1n) is 6.75. The highest BCUT2D eigenvalue weighted by Gasteiger charge is 2.13. The highest BCUT2D eigenvalue weighted by atomic mass is 79.9. The van der Waals surface area contributed by atoms with E-state index in [0.717, 1.165) is 29.1 Å². The zero-order chi connectivity index (χ0) is 15.2. The Morgan fingerprint density at radius 1 is 1.05 bits per heavy atom. The average Bonchev–Trinajstić information content (AvgIpc) is 2.51. The largest absolute Gasteiger partial charge is 0.497 e. The van der Waals surface area contributed by atoms with Gasteiger partial charge in [-0.05, 0) is 60.2 Å². The van der Waals surface area contributed by atoms with Gasteiger partial charge in [0.2, 0.25) is 0 Å². The van der Waals surface area contributed by atoms with Gasteiger partial charge in [-0.2, -0.15) is 0 Å². The van der Waals surface area contributed by atoms with Crippen LogP contribution in [0.1, 0.15) is 11.1 Å². The van der Waals surface area contributed by atoms with Crippen LogP contribution in [0.5, 0.6) is 5.75 Å². The van der Waals surface area contributed by atoms with Crippen molar-refractivity contribution in [2.24, 2.45) is 5.92 Å². The first kappa shape index (κ1) is 16.0. The smallest absolute Gasteiger partial charge is 0.126 e. The van der Waals surface area contributed by atoms with Gasteiger partial charge >= 0.3 is 0 Å². The van der Waals surface area contributed by atoms with E-state index >= 15 is 0 Å². The van der Waals surface area contributed by atoms with Crippen LogP contribution >= 0.6 is 15.9 Å². The SMILES string of the molecule is COc1ccc(CC(CBr)Cc2cc(F)ccc2F)cc1. The molecule has 0 saturated heterocycles. The second-order valence-electron chi connectivity index (χ2n) is 5.01. The highest BCUT2D eigenvalue weighted by Crippen LogP contribution is 2.21. The lowest BCUT2D eigenvalue weighted by molar-refractivity contribution is 0.414. The van der Waals surface area contributed by atoms with Gasteiger partial charge in [0.05, 0.1) is 7.11 Å². The van der Waals surface area contributed by atoms with Crippen molar-refractivity contribution in [2.45, 2.75) is 12.8 Å². The molecule has 0 amide bonds. The molecule has 2 aromatic carbocycles. The molecule has 0 N–H and O–H groups in total. The molecule has 0 spiro atoms. The van der Waals surface area contributed by atoms with Crippen molar-refractivity contribution in [3.63, 3.8) is 0 Å². The van der Waals surface area contributed by atoms with E-state index in [1.807, 2.05) is 24.3 Å². The van der Waals surface area contributed by atoms with E-state index in [4.69, 9.17) is 4.74 Å². The lowest BCUT2D eigenvalue weighted by Gasteiger charge is -2.15. The summed E-state index contributed by atoms with van der Waals surface area (Å²) in [7, 11) is 1.63. The van der Waals surface area contributed by atoms with Crippen molar-refractivity contribution in [3.05, 3.63) is 65.2 Å². The van der Waals surface area contributed by atoms with Gasteiger partial charge in [-0.3, -0.25) is 0 Å². The van der Waals surface area contributed by atoms with Gasteiger partial charge in [-0.1, -0.05) is 28.1 Å². The van der Waals surface area contributed by atoms with Gasteiger partial charge < -0.3 is 4.74 Å². The number of methoxy groups -OCH3 is 1. The summed E-state index contributed by atoms with van der Waals surface area (Å²) in [6, 6.07) is 11.4. The van der Waals surface area contributed by atoms with Crippen molar-refractivity contribution in [1.82, 2.24) is 0 Å². The van der Waals surface area contributed by atoms with E-state index in [1.165, 1.54) is 12.1 Å². The second kappa shape index (κ2) is 7.55. The Bertz CT molecular complexity index is 584. The molecule has 0 radical (unpaired) electrons. The Hall–Kier alpha value is -1.42. The third kappa shape index (κ3) is 4.53. The molecule has 0 aliphatic rings. The fourth-order valence-corrected chi connectivity index (χ4v) is 2.74. The Kier molecular flexibility index (Phi) is 5.74.